The van der Waals surface area contributed by atoms with Crippen LogP contribution < -0.4 is 10.1 Å². The van der Waals surface area contributed by atoms with Crippen molar-refractivity contribution in [2.24, 2.45) is 0 Å². The van der Waals surface area contributed by atoms with Crippen LogP contribution in [0.3, 0.4) is 0 Å². The third kappa shape index (κ3) is 6.13. The van der Waals surface area contributed by atoms with Crippen LogP contribution in [0.4, 0.5) is 0 Å². The lowest BCUT2D eigenvalue weighted by molar-refractivity contribution is -0.154. The van der Waals surface area contributed by atoms with Crippen molar-refractivity contribution in [3.05, 3.63) is 46.8 Å². The van der Waals surface area contributed by atoms with Gasteiger partial charge in [-0.25, -0.2) is 0 Å². The number of hydrogen-bond acceptors (Lipinski definition) is 6. The standard InChI is InChI=1S/C20H26N2O5/c1-5-10-21-20(24)15(4)26-19(23)11-16-6-8-17(9-7-16)25-12-18-13(2)22-27-14(18)3/h6-9,15H,5,10-12H2,1-4H3,(H,21,24)/t15-/m0/s1. The molecule has 0 spiro atoms. The summed E-state index contributed by atoms with van der Waals surface area (Å²) in [5.74, 6) is 0.690. The second-order valence-corrected chi connectivity index (χ2v) is 6.34. The van der Waals surface area contributed by atoms with Crippen molar-refractivity contribution in [1.29, 1.82) is 0 Å². The van der Waals surface area contributed by atoms with Crippen molar-refractivity contribution in [3.8, 4) is 5.75 Å². The molecule has 0 aliphatic rings. The van der Waals surface area contributed by atoms with Crippen molar-refractivity contribution in [3.63, 3.8) is 0 Å². The summed E-state index contributed by atoms with van der Waals surface area (Å²) >= 11 is 0. The number of aryl methyl sites for hydroxylation is 2. The smallest absolute Gasteiger partial charge is 0.311 e. The maximum absolute atomic E-state index is 12.0. The second-order valence-electron chi connectivity index (χ2n) is 6.34. The van der Waals surface area contributed by atoms with Crippen LogP contribution in [0.5, 0.6) is 5.75 Å². The first-order chi connectivity index (χ1) is 12.9. The molecule has 1 heterocycles. The Balaban J connectivity index is 1.82. The van der Waals surface area contributed by atoms with Gasteiger partial charge >= 0.3 is 5.97 Å². The number of esters is 1. The lowest BCUT2D eigenvalue weighted by Gasteiger charge is -2.13. The van der Waals surface area contributed by atoms with Gasteiger partial charge in [-0.05, 0) is 44.9 Å². The van der Waals surface area contributed by atoms with Crippen LogP contribution in [0.2, 0.25) is 0 Å². The minimum atomic E-state index is -0.804. The molecule has 1 atom stereocenters. The number of ether oxygens (including phenoxy) is 2. The van der Waals surface area contributed by atoms with Crippen LogP contribution >= 0.6 is 0 Å². The van der Waals surface area contributed by atoms with E-state index in [2.05, 4.69) is 10.5 Å². The number of carbonyl (C=O) groups is 2. The molecule has 0 bridgehead atoms. The molecule has 0 saturated heterocycles. The number of aromatic nitrogens is 1. The predicted molar refractivity (Wildman–Crippen MR) is 99.3 cm³/mol. The van der Waals surface area contributed by atoms with Crippen molar-refractivity contribution in [2.45, 2.75) is 53.2 Å². The van der Waals surface area contributed by atoms with Crippen LogP contribution in [0.1, 0.15) is 42.8 Å². The van der Waals surface area contributed by atoms with Gasteiger partial charge in [0.05, 0.1) is 17.7 Å². The van der Waals surface area contributed by atoms with Crippen molar-refractivity contribution in [1.82, 2.24) is 10.5 Å². The Hall–Kier alpha value is -2.83. The average molecular weight is 374 g/mol. The summed E-state index contributed by atoms with van der Waals surface area (Å²) in [6, 6.07) is 7.17. The van der Waals surface area contributed by atoms with Gasteiger partial charge in [-0.1, -0.05) is 24.2 Å². The third-order valence-electron chi connectivity index (χ3n) is 4.06. The van der Waals surface area contributed by atoms with Gasteiger partial charge in [0, 0.05) is 6.54 Å². The summed E-state index contributed by atoms with van der Waals surface area (Å²) in [5.41, 5.74) is 2.52. The Bertz CT molecular complexity index is 748. The highest BCUT2D eigenvalue weighted by Crippen LogP contribution is 2.18. The Morgan fingerprint density at radius 1 is 1.22 bits per heavy atom. The molecule has 7 heteroatoms. The predicted octanol–water partition coefficient (Wildman–Crippen LogP) is 2.87. The highest BCUT2D eigenvalue weighted by atomic mass is 16.5. The van der Waals surface area contributed by atoms with E-state index < -0.39 is 12.1 Å². The molecule has 1 aromatic heterocycles. The molecule has 0 radical (unpaired) electrons. The molecule has 1 N–H and O–H groups in total. The molecule has 7 nitrogen and oxygen atoms in total. The van der Waals surface area contributed by atoms with E-state index in [1.54, 1.807) is 31.2 Å². The van der Waals surface area contributed by atoms with Gasteiger partial charge in [-0.15, -0.1) is 0 Å². The number of benzene rings is 1. The molecule has 146 valence electrons. The first-order valence-electron chi connectivity index (χ1n) is 9.01. The zero-order valence-electron chi connectivity index (χ0n) is 16.2. The maximum Gasteiger partial charge on any atom is 0.311 e. The summed E-state index contributed by atoms with van der Waals surface area (Å²) in [5, 5.41) is 6.59. The van der Waals surface area contributed by atoms with Crippen molar-refractivity contribution in [2.75, 3.05) is 6.54 Å². The third-order valence-corrected chi connectivity index (χ3v) is 4.06. The fraction of sp³-hybridized carbons (Fsp3) is 0.450. The fourth-order valence-corrected chi connectivity index (χ4v) is 2.42. The lowest BCUT2D eigenvalue weighted by Crippen LogP contribution is -2.36. The average Bonchev–Trinajstić information content (AvgIpc) is 2.96. The normalized spacial score (nSPS) is 11.7. The molecule has 2 aromatic rings. The largest absolute Gasteiger partial charge is 0.489 e. The van der Waals surface area contributed by atoms with Crippen LogP contribution in [-0.4, -0.2) is 29.7 Å². The molecule has 0 aliphatic carbocycles. The Labute approximate surface area is 159 Å². The van der Waals surface area contributed by atoms with Crippen molar-refractivity contribution < 1.29 is 23.6 Å². The zero-order chi connectivity index (χ0) is 19.8. The molecule has 1 amide bonds. The zero-order valence-corrected chi connectivity index (χ0v) is 16.2. The highest BCUT2D eigenvalue weighted by molar-refractivity contribution is 5.83. The van der Waals surface area contributed by atoms with Gasteiger partial charge in [0.2, 0.25) is 0 Å². The molecule has 27 heavy (non-hydrogen) atoms. The maximum atomic E-state index is 12.0. The van der Waals surface area contributed by atoms with E-state index in [0.717, 1.165) is 29.0 Å². The van der Waals surface area contributed by atoms with E-state index in [0.29, 0.717) is 18.9 Å². The molecule has 2 rings (SSSR count). The van der Waals surface area contributed by atoms with E-state index in [9.17, 15) is 9.59 Å². The van der Waals surface area contributed by atoms with Gasteiger partial charge in [0.25, 0.3) is 5.91 Å². The molecule has 0 saturated carbocycles. The molecule has 1 aromatic carbocycles. The first kappa shape index (κ1) is 20.5. The van der Waals surface area contributed by atoms with Gasteiger partial charge in [0.1, 0.15) is 18.1 Å². The van der Waals surface area contributed by atoms with Gasteiger partial charge in [-0.3, -0.25) is 9.59 Å². The minimum Gasteiger partial charge on any atom is -0.489 e. The second kappa shape index (κ2) is 9.75. The summed E-state index contributed by atoms with van der Waals surface area (Å²) < 4.78 is 16.0. The quantitative estimate of drug-likeness (QED) is 0.679. The van der Waals surface area contributed by atoms with Crippen LogP contribution in [0.25, 0.3) is 0 Å². The number of nitrogens with zero attached hydrogens (tertiary/aromatic N) is 1. The van der Waals surface area contributed by atoms with Gasteiger partial charge in [-0.2, -0.15) is 0 Å². The van der Waals surface area contributed by atoms with E-state index in [1.165, 1.54) is 0 Å². The van der Waals surface area contributed by atoms with Crippen LogP contribution in [0, 0.1) is 13.8 Å². The first-order valence-corrected chi connectivity index (χ1v) is 9.01. The number of nitrogens with one attached hydrogen (secondary N) is 1. The molecular weight excluding hydrogens is 348 g/mol. The van der Waals surface area contributed by atoms with E-state index in [-0.39, 0.29) is 12.3 Å². The monoisotopic (exact) mass is 374 g/mol. The summed E-state index contributed by atoms with van der Waals surface area (Å²) in [6.07, 6.45) is 0.119. The molecule has 0 fully saturated rings. The lowest BCUT2D eigenvalue weighted by atomic mass is 10.1. The minimum absolute atomic E-state index is 0.0928. The van der Waals surface area contributed by atoms with Gasteiger partial charge < -0.3 is 19.3 Å². The van der Waals surface area contributed by atoms with E-state index in [4.69, 9.17) is 14.0 Å². The van der Waals surface area contributed by atoms with Crippen molar-refractivity contribution >= 4 is 11.9 Å². The van der Waals surface area contributed by atoms with E-state index >= 15 is 0 Å². The molecular formula is C20H26N2O5. The van der Waals surface area contributed by atoms with Crippen LogP contribution in [-0.2, 0) is 27.4 Å². The topological polar surface area (TPSA) is 90.7 Å². The van der Waals surface area contributed by atoms with E-state index in [1.807, 2.05) is 20.8 Å². The Morgan fingerprint density at radius 2 is 1.93 bits per heavy atom. The summed E-state index contributed by atoms with van der Waals surface area (Å²) in [4.78, 5) is 23.7. The highest BCUT2D eigenvalue weighted by Gasteiger charge is 2.17. The Morgan fingerprint density at radius 3 is 2.52 bits per heavy atom. The SMILES string of the molecule is CCCNC(=O)[C@H](C)OC(=O)Cc1ccc(OCc2c(C)noc2C)cc1. The summed E-state index contributed by atoms with van der Waals surface area (Å²) in [6.45, 7) is 8.17. The number of amides is 1. The number of carbonyl (C=O) groups excluding carboxylic acids is 2. The number of hydrogen-bond donors (Lipinski definition) is 1. The van der Waals surface area contributed by atoms with Crippen LogP contribution in [0.15, 0.2) is 28.8 Å². The fourth-order valence-electron chi connectivity index (χ4n) is 2.42. The molecule has 0 aliphatic heterocycles. The van der Waals surface area contributed by atoms with Gasteiger partial charge in [0.15, 0.2) is 6.10 Å². The molecule has 0 unspecified atom stereocenters. The summed E-state index contributed by atoms with van der Waals surface area (Å²) in [7, 11) is 0. The number of rotatable bonds is 9. The Kier molecular flexibility index (Phi) is 7.40.